The fraction of sp³-hybridized carbons (Fsp3) is 0.562. The second-order valence-electron chi connectivity index (χ2n) is 11.9. The van der Waals surface area contributed by atoms with E-state index >= 15 is 0 Å². The molecule has 2 saturated carbocycles. The number of cyclic esters (lactones) is 1. The third-order valence-corrected chi connectivity index (χ3v) is 9.59. The first kappa shape index (κ1) is 30.8. The third kappa shape index (κ3) is 6.22. The minimum atomic E-state index is -1.04. The van der Waals surface area contributed by atoms with Crippen LogP contribution in [0.25, 0.3) is 0 Å². The van der Waals surface area contributed by atoms with E-state index in [-0.39, 0.29) is 36.8 Å². The molecule has 0 N–H and O–H groups in total. The summed E-state index contributed by atoms with van der Waals surface area (Å²) in [6.45, 7) is 11.7. The van der Waals surface area contributed by atoms with E-state index in [0.29, 0.717) is 37.7 Å². The number of benzene rings is 1. The van der Waals surface area contributed by atoms with E-state index < -0.39 is 41.1 Å². The number of allylic oxidation sites excluding steroid dienone is 1. The average molecular weight is 586 g/mol. The van der Waals surface area contributed by atoms with Gasteiger partial charge in [-0.1, -0.05) is 49.4 Å². The van der Waals surface area contributed by atoms with Crippen LogP contribution in [-0.2, 0) is 39.9 Å². The van der Waals surface area contributed by atoms with E-state index in [4.69, 9.17) is 25.8 Å². The number of rotatable bonds is 9. The lowest BCUT2D eigenvalue weighted by Crippen LogP contribution is -2.63. The lowest BCUT2D eigenvalue weighted by Gasteiger charge is -2.60. The van der Waals surface area contributed by atoms with Crippen LogP contribution in [0.3, 0.4) is 0 Å². The molecule has 0 saturated heterocycles. The van der Waals surface area contributed by atoms with E-state index in [1.54, 1.807) is 11.0 Å². The molecule has 1 aromatic carbocycles. The second-order valence-corrected chi connectivity index (χ2v) is 12.1. The number of ether oxygens (including phenoxy) is 3. The molecule has 41 heavy (non-hydrogen) atoms. The SMILES string of the molecule is C=C1CCC2[C@](C)(OC(C)=O)[C@H](OC(C)=O)CC[C@@]2(C)[C@@H]1CC(C1=CCOC1=O)N(Cc1ccccc1)C(=O)CCl. The fourth-order valence-corrected chi connectivity index (χ4v) is 7.72. The Balaban J connectivity index is 1.75. The van der Waals surface area contributed by atoms with Gasteiger partial charge in [0.1, 0.15) is 24.2 Å². The first-order valence-electron chi connectivity index (χ1n) is 14.2. The molecule has 1 aliphatic heterocycles. The zero-order chi connectivity index (χ0) is 29.9. The Bertz CT molecular complexity index is 1230. The maximum absolute atomic E-state index is 13.4. The van der Waals surface area contributed by atoms with Crippen molar-refractivity contribution in [2.45, 2.75) is 84.1 Å². The monoisotopic (exact) mass is 585 g/mol. The Hall–Kier alpha value is -3.13. The minimum Gasteiger partial charge on any atom is -0.458 e. The quantitative estimate of drug-likeness (QED) is 0.171. The van der Waals surface area contributed by atoms with Crippen molar-refractivity contribution >= 4 is 35.4 Å². The lowest BCUT2D eigenvalue weighted by molar-refractivity contribution is -0.224. The molecule has 1 aromatic rings. The zero-order valence-electron chi connectivity index (χ0n) is 24.3. The molecule has 0 spiro atoms. The van der Waals surface area contributed by atoms with Crippen molar-refractivity contribution in [2.24, 2.45) is 17.3 Å². The summed E-state index contributed by atoms with van der Waals surface area (Å²) in [4.78, 5) is 52.3. The largest absolute Gasteiger partial charge is 0.458 e. The molecule has 0 aromatic heterocycles. The molecule has 1 amide bonds. The van der Waals surface area contributed by atoms with Crippen LogP contribution in [-0.4, -0.2) is 58.9 Å². The van der Waals surface area contributed by atoms with Crippen LogP contribution in [0.2, 0.25) is 0 Å². The van der Waals surface area contributed by atoms with Gasteiger partial charge in [0.2, 0.25) is 5.91 Å². The summed E-state index contributed by atoms with van der Waals surface area (Å²) in [7, 11) is 0. The maximum atomic E-state index is 13.4. The highest BCUT2D eigenvalue weighted by molar-refractivity contribution is 6.27. The first-order valence-corrected chi connectivity index (χ1v) is 14.7. The number of alkyl halides is 1. The Kier molecular flexibility index (Phi) is 9.32. The summed E-state index contributed by atoms with van der Waals surface area (Å²) in [5.74, 6) is -2.09. The summed E-state index contributed by atoms with van der Waals surface area (Å²) < 4.78 is 17.0. The van der Waals surface area contributed by atoms with E-state index in [2.05, 4.69) is 13.5 Å². The van der Waals surface area contributed by atoms with E-state index in [1.165, 1.54) is 13.8 Å². The number of halogens is 1. The molecule has 2 unspecified atom stereocenters. The predicted molar refractivity (Wildman–Crippen MR) is 154 cm³/mol. The number of nitrogens with zero attached hydrogens (tertiary/aromatic N) is 1. The van der Waals surface area contributed by atoms with Crippen LogP contribution >= 0.6 is 11.6 Å². The van der Waals surface area contributed by atoms with Crippen molar-refractivity contribution in [2.75, 3.05) is 12.5 Å². The highest BCUT2D eigenvalue weighted by atomic mass is 35.5. The predicted octanol–water partition coefficient (Wildman–Crippen LogP) is 5.13. The summed E-state index contributed by atoms with van der Waals surface area (Å²) in [5, 5.41) is 0. The molecule has 9 heteroatoms. The Morgan fingerprint density at radius 3 is 2.44 bits per heavy atom. The van der Waals surface area contributed by atoms with Crippen LogP contribution in [0.4, 0.5) is 0 Å². The summed E-state index contributed by atoms with van der Waals surface area (Å²) in [6.07, 6.45) is 4.17. The van der Waals surface area contributed by atoms with Crippen LogP contribution in [0, 0.1) is 17.3 Å². The Morgan fingerprint density at radius 2 is 1.85 bits per heavy atom. The van der Waals surface area contributed by atoms with Crippen LogP contribution in [0.5, 0.6) is 0 Å². The van der Waals surface area contributed by atoms with E-state index in [9.17, 15) is 19.2 Å². The molecule has 6 atom stereocenters. The number of hydrogen-bond acceptors (Lipinski definition) is 7. The summed E-state index contributed by atoms with van der Waals surface area (Å²) in [6, 6.07) is 8.99. The molecule has 1 heterocycles. The molecule has 0 bridgehead atoms. The fourth-order valence-electron chi connectivity index (χ4n) is 7.56. The van der Waals surface area contributed by atoms with E-state index in [0.717, 1.165) is 11.1 Å². The van der Waals surface area contributed by atoms with Gasteiger partial charge in [0.15, 0.2) is 0 Å². The molecular weight excluding hydrogens is 546 g/mol. The molecule has 8 nitrogen and oxygen atoms in total. The van der Waals surface area contributed by atoms with Crippen molar-refractivity contribution in [1.29, 1.82) is 0 Å². The Labute approximate surface area is 247 Å². The zero-order valence-corrected chi connectivity index (χ0v) is 25.1. The van der Waals surface area contributed by atoms with Gasteiger partial charge < -0.3 is 19.1 Å². The van der Waals surface area contributed by atoms with Gasteiger partial charge >= 0.3 is 17.9 Å². The van der Waals surface area contributed by atoms with Crippen molar-refractivity contribution in [3.05, 3.63) is 59.7 Å². The number of fused-ring (bicyclic) bond motifs is 1. The molecule has 0 radical (unpaired) electrons. The highest BCUT2D eigenvalue weighted by Gasteiger charge is 2.61. The molecule has 2 fully saturated rings. The van der Waals surface area contributed by atoms with Crippen molar-refractivity contribution < 1.29 is 33.4 Å². The van der Waals surface area contributed by atoms with Gasteiger partial charge in [0.25, 0.3) is 0 Å². The third-order valence-electron chi connectivity index (χ3n) is 9.37. The standard InChI is InChI=1S/C32H40ClNO7/c1-20-11-12-27-31(4,15-13-28(40-21(2)35)32(27,5)41-22(3)36)25(20)17-26(24-14-16-39-30(24)38)34(29(37)18-33)19-23-9-7-6-8-10-23/h6-10,14,25-28H,1,11-13,15-19H2,2-5H3/t25-,26?,27?,28-,31+,32+/m1/s1. The van der Waals surface area contributed by atoms with Crippen molar-refractivity contribution in [3.8, 4) is 0 Å². The average Bonchev–Trinajstić information content (AvgIpc) is 3.34. The van der Waals surface area contributed by atoms with Gasteiger partial charge in [-0.05, 0) is 62.0 Å². The van der Waals surface area contributed by atoms with Gasteiger partial charge in [0, 0.05) is 26.3 Å². The second kappa shape index (κ2) is 12.4. The Morgan fingerprint density at radius 1 is 1.15 bits per heavy atom. The summed E-state index contributed by atoms with van der Waals surface area (Å²) >= 11 is 6.12. The van der Waals surface area contributed by atoms with Crippen molar-refractivity contribution in [1.82, 2.24) is 4.90 Å². The molecule has 3 aliphatic rings. The highest BCUT2D eigenvalue weighted by Crippen LogP contribution is 2.61. The normalized spacial score (nSPS) is 30.0. The first-order chi connectivity index (χ1) is 19.4. The van der Waals surface area contributed by atoms with Gasteiger partial charge in [-0.15, -0.1) is 11.6 Å². The number of hydrogen-bond donors (Lipinski definition) is 0. The number of esters is 3. The number of carbonyl (C=O) groups is 4. The molecule has 2 aliphatic carbocycles. The molecule has 4 rings (SSSR count). The van der Waals surface area contributed by atoms with Crippen LogP contribution in [0.15, 0.2) is 54.1 Å². The topological polar surface area (TPSA) is 99.2 Å². The lowest BCUT2D eigenvalue weighted by atomic mass is 9.48. The van der Waals surface area contributed by atoms with Crippen LogP contribution in [0.1, 0.15) is 65.4 Å². The van der Waals surface area contributed by atoms with Crippen LogP contribution < -0.4 is 0 Å². The molecule has 222 valence electrons. The molecular formula is C32H40ClNO7. The van der Waals surface area contributed by atoms with E-state index in [1.807, 2.05) is 37.3 Å². The van der Waals surface area contributed by atoms with Gasteiger partial charge in [-0.25, -0.2) is 4.79 Å². The maximum Gasteiger partial charge on any atom is 0.336 e. The number of carbonyl (C=O) groups excluding carboxylic acids is 4. The van der Waals surface area contributed by atoms with Gasteiger partial charge in [-0.3, -0.25) is 14.4 Å². The minimum absolute atomic E-state index is 0.130. The smallest absolute Gasteiger partial charge is 0.336 e. The van der Waals surface area contributed by atoms with Crippen molar-refractivity contribution in [3.63, 3.8) is 0 Å². The van der Waals surface area contributed by atoms with Gasteiger partial charge in [0.05, 0.1) is 11.6 Å². The summed E-state index contributed by atoms with van der Waals surface area (Å²) in [5.41, 5.74) is 0.919. The number of amides is 1. The van der Waals surface area contributed by atoms with Gasteiger partial charge in [-0.2, -0.15) is 0 Å².